The van der Waals surface area contributed by atoms with Crippen molar-refractivity contribution < 1.29 is 22.7 Å². The highest BCUT2D eigenvalue weighted by atomic mass is 79.9. The molecule has 1 amide bonds. The average molecular weight is 388 g/mol. The van der Waals surface area contributed by atoms with Crippen molar-refractivity contribution in [2.75, 3.05) is 7.05 Å². The number of halogens is 4. The zero-order chi connectivity index (χ0) is 17.0. The molecule has 0 saturated heterocycles. The highest BCUT2D eigenvalue weighted by Crippen LogP contribution is 2.21. The fourth-order valence-electron chi connectivity index (χ4n) is 1.99. The lowest BCUT2D eigenvalue weighted by Crippen LogP contribution is -2.26. The van der Waals surface area contributed by atoms with Crippen molar-refractivity contribution in [2.24, 2.45) is 0 Å². The lowest BCUT2D eigenvalue weighted by atomic mass is 10.1. The zero-order valence-corrected chi connectivity index (χ0v) is 13.7. The molecule has 0 aromatic heterocycles. The molecule has 2 aromatic carbocycles. The molecule has 0 atom stereocenters. The summed E-state index contributed by atoms with van der Waals surface area (Å²) in [7, 11) is 1.57. The van der Waals surface area contributed by atoms with Gasteiger partial charge in [0.25, 0.3) is 5.91 Å². The lowest BCUT2D eigenvalue weighted by molar-refractivity contribution is -0.0498. The van der Waals surface area contributed by atoms with Crippen LogP contribution in [0.5, 0.6) is 5.75 Å². The summed E-state index contributed by atoms with van der Waals surface area (Å²) in [4.78, 5) is 13.7. The Labute approximate surface area is 139 Å². The van der Waals surface area contributed by atoms with Gasteiger partial charge in [-0.1, -0.05) is 12.1 Å². The van der Waals surface area contributed by atoms with E-state index in [1.807, 2.05) is 0 Å². The first-order valence-corrected chi connectivity index (χ1v) is 7.40. The monoisotopic (exact) mass is 387 g/mol. The van der Waals surface area contributed by atoms with Crippen molar-refractivity contribution in [3.63, 3.8) is 0 Å². The highest BCUT2D eigenvalue weighted by molar-refractivity contribution is 9.10. The van der Waals surface area contributed by atoms with Gasteiger partial charge in [0, 0.05) is 18.1 Å². The molecule has 7 heteroatoms. The highest BCUT2D eigenvalue weighted by Gasteiger charge is 2.16. The minimum Gasteiger partial charge on any atom is -0.435 e. The standard InChI is InChI=1S/C16H13BrF3NO2/c1-21(15(22)13-8-11(18)4-7-14(13)17)9-10-2-5-12(6-3-10)23-16(19)20/h2-8,16H,9H2,1H3. The number of carbonyl (C=O) groups excluding carboxylic acids is 1. The van der Waals surface area contributed by atoms with Crippen LogP contribution in [-0.4, -0.2) is 24.5 Å². The molecule has 0 bridgehead atoms. The van der Waals surface area contributed by atoms with Crippen molar-refractivity contribution in [3.05, 3.63) is 63.9 Å². The number of benzene rings is 2. The second kappa shape index (κ2) is 7.50. The van der Waals surface area contributed by atoms with E-state index in [-0.39, 0.29) is 23.8 Å². The SMILES string of the molecule is CN(Cc1ccc(OC(F)F)cc1)C(=O)c1cc(F)ccc1Br. The normalized spacial score (nSPS) is 10.7. The lowest BCUT2D eigenvalue weighted by Gasteiger charge is -2.18. The van der Waals surface area contributed by atoms with Crippen LogP contribution in [0.3, 0.4) is 0 Å². The number of rotatable bonds is 5. The van der Waals surface area contributed by atoms with Gasteiger partial charge in [-0.25, -0.2) is 4.39 Å². The van der Waals surface area contributed by atoms with Gasteiger partial charge in [-0.3, -0.25) is 4.79 Å². The van der Waals surface area contributed by atoms with Crippen LogP contribution in [0.4, 0.5) is 13.2 Å². The quantitative estimate of drug-likeness (QED) is 0.757. The molecule has 3 nitrogen and oxygen atoms in total. The zero-order valence-electron chi connectivity index (χ0n) is 12.1. The summed E-state index contributed by atoms with van der Waals surface area (Å²) < 4.78 is 42.2. The predicted molar refractivity (Wildman–Crippen MR) is 83.0 cm³/mol. The Hall–Kier alpha value is -2.02. The Kier molecular flexibility index (Phi) is 5.65. The van der Waals surface area contributed by atoms with Crippen LogP contribution in [0.1, 0.15) is 15.9 Å². The molecule has 0 aliphatic carbocycles. The van der Waals surface area contributed by atoms with Crippen molar-refractivity contribution >= 4 is 21.8 Å². The third-order valence-corrected chi connectivity index (χ3v) is 3.77. The smallest absolute Gasteiger partial charge is 0.387 e. The fraction of sp³-hybridized carbons (Fsp3) is 0.188. The fourth-order valence-corrected chi connectivity index (χ4v) is 2.41. The number of alkyl halides is 2. The molecule has 0 aliphatic heterocycles. The van der Waals surface area contributed by atoms with Gasteiger partial charge in [0.15, 0.2) is 0 Å². The molecule has 0 aliphatic rings. The van der Waals surface area contributed by atoms with E-state index in [4.69, 9.17) is 0 Å². The maximum atomic E-state index is 13.3. The summed E-state index contributed by atoms with van der Waals surface area (Å²) in [6.45, 7) is -2.63. The maximum absolute atomic E-state index is 13.3. The minimum atomic E-state index is -2.88. The van der Waals surface area contributed by atoms with Gasteiger partial charge < -0.3 is 9.64 Å². The van der Waals surface area contributed by atoms with Crippen LogP contribution in [0.2, 0.25) is 0 Å². The van der Waals surface area contributed by atoms with E-state index in [1.54, 1.807) is 19.2 Å². The van der Waals surface area contributed by atoms with E-state index in [2.05, 4.69) is 20.7 Å². The number of ether oxygens (including phenoxy) is 1. The van der Waals surface area contributed by atoms with Crippen LogP contribution < -0.4 is 4.74 Å². The molecule has 0 saturated carbocycles. The van der Waals surface area contributed by atoms with Crippen LogP contribution in [0.15, 0.2) is 46.9 Å². The molecule has 2 rings (SSSR count). The summed E-state index contributed by atoms with van der Waals surface area (Å²) in [6.07, 6.45) is 0. The number of nitrogens with zero attached hydrogens (tertiary/aromatic N) is 1. The first-order chi connectivity index (χ1) is 10.9. The van der Waals surface area contributed by atoms with E-state index in [1.165, 1.54) is 29.2 Å². The van der Waals surface area contributed by atoms with Crippen molar-refractivity contribution in [1.29, 1.82) is 0 Å². The van der Waals surface area contributed by atoms with Crippen LogP contribution >= 0.6 is 15.9 Å². The molecule has 0 N–H and O–H groups in total. The minimum absolute atomic E-state index is 0.0469. The molecular weight excluding hydrogens is 375 g/mol. The summed E-state index contributed by atoms with van der Waals surface area (Å²) in [5.74, 6) is -0.812. The molecule has 0 fully saturated rings. The van der Waals surface area contributed by atoms with Gasteiger partial charge in [-0.15, -0.1) is 0 Å². The second-order valence-corrected chi connectivity index (χ2v) is 5.66. The maximum Gasteiger partial charge on any atom is 0.387 e. The van der Waals surface area contributed by atoms with Crippen molar-refractivity contribution in [1.82, 2.24) is 4.90 Å². The van der Waals surface area contributed by atoms with E-state index >= 15 is 0 Å². The molecule has 122 valence electrons. The predicted octanol–water partition coefficient (Wildman–Crippen LogP) is 4.46. The number of hydrogen-bond donors (Lipinski definition) is 0. The molecule has 0 spiro atoms. The van der Waals surface area contributed by atoms with Crippen LogP contribution in [-0.2, 0) is 6.54 Å². The summed E-state index contributed by atoms with van der Waals surface area (Å²) in [5.41, 5.74) is 0.945. The molecule has 0 unspecified atom stereocenters. The summed E-state index contributed by atoms with van der Waals surface area (Å²) in [5, 5.41) is 0. The Morgan fingerprint density at radius 3 is 2.48 bits per heavy atom. The van der Waals surface area contributed by atoms with Gasteiger partial charge in [0.2, 0.25) is 0 Å². The summed E-state index contributed by atoms with van der Waals surface area (Å²) in [6, 6.07) is 9.85. The first kappa shape index (κ1) is 17.3. The Bertz CT molecular complexity index is 692. The molecule has 0 radical (unpaired) electrons. The molecular formula is C16H13BrF3NO2. The van der Waals surface area contributed by atoms with Crippen LogP contribution in [0.25, 0.3) is 0 Å². The van der Waals surface area contributed by atoms with E-state index in [0.29, 0.717) is 4.47 Å². The molecule has 23 heavy (non-hydrogen) atoms. The second-order valence-electron chi connectivity index (χ2n) is 4.81. The van der Waals surface area contributed by atoms with Gasteiger partial charge >= 0.3 is 6.61 Å². The first-order valence-electron chi connectivity index (χ1n) is 6.61. The van der Waals surface area contributed by atoms with Gasteiger partial charge in [0.05, 0.1) is 5.56 Å². The average Bonchev–Trinajstić information content (AvgIpc) is 2.50. The van der Waals surface area contributed by atoms with Gasteiger partial charge in [0.1, 0.15) is 11.6 Å². The van der Waals surface area contributed by atoms with Crippen LogP contribution in [0, 0.1) is 5.82 Å². The summed E-state index contributed by atoms with van der Waals surface area (Å²) >= 11 is 3.22. The van der Waals surface area contributed by atoms with Gasteiger partial charge in [-0.2, -0.15) is 8.78 Å². The van der Waals surface area contributed by atoms with Crippen molar-refractivity contribution in [2.45, 2.75) is 13.2 Å². The molecule has 2 aromatic rings. The van der Waals surface area contributed by atoms with E-state index in [9.17, 15) is 18.0 Å². The third kappa shape index (κ3) is 4.72. The number of hydrogen-bond acceptors (Lipinski definition) is 2. The topological polar surface area (TPSA) is 29.5 Å². The van der Waals surface area contributed by atoms with E-state index in [0.717, 1.165) is 11.6 Å². The van der Waals surface area contributed by atoms with Crippen molar-refractivity contribution in [3.8, 4) is 5.75 Å². The van der Waals surface area contributed by atoms with E-state index < -0.39 is 12.4 Å². The Morgan fingerprint density at radius 1 is 1.22 bits per heavy atom. The largest absolute Gasteiger partial charge is 0.435 e. The Morgan fingerprint density at radius 2 is 1.87 bits per heavy atom. The number of carbonyl (C=O) groups is 1. The third-order valence-electron chi connectivity index (χ3n) is 3.07. The number of amides is 1. The Balaban J connectivity index is 2.07. The van der Waals surface area contributed by atoms with Gasteiger partial charge in [-0.05, 0) is 51.8 Å². The molecule has 0 heterocycles.